The Balaban J connectivity index is 1.83. The summed E-state index contributed by atoms with van der Waals surface area (Å²) in [5.41, 5.74) is 1.38. The molecular weight excluding hydrogens is 298 g/mol. The Morgan fingerprint density at radius 2 is 1.58 bits per heavy atom. The molecule has 106 valence electrons. The van der Waals surface area contributed by atoms with Crippen LogP contribution in [0.15, 0.2) is 28.7 Å². The van der Waals surface area contributed by atoms with Gasteiger partial charge in [-0.2, -0.15) is 0 Å². The first kappa shape index (κ1) is 15.1. The molecule has 0 aromatic heterocycles. The van der Waals surface area contributed by atoms with Crippen molar-refractivity contribution in [1.29, 1.82) is 0 Å². The van der Waals surface area contributed by atoms with E-state index in [2.05, 4.69) is 66.3 Å². The van der Waals surface area contributed by atoms with Gasteiger partial charge in [0.2, 0.25) is 0 Å². The van der Waals surface area contributed by atoms with Crippen molar-refractivity contribution in [2.75, 3.05) is 0 Å². The summed E-state index contributed by atoms with van der Waals surface area (Å²) in [4.78, 5) is 0. The van der Waals surface area contributed by atoms with Crippen LogP contribution >= 0.6 is 15.9 Å². The minimum absolute atomic E-state index is 0.452. The Labute approximate surface area is 126 Å². The van der Waals surface area contributed by atoms with Gasteiger partial charge >= 0.3 is 0 Å². The monoisotopic (exact) mass is 323 g/mol. The van der Waals surface area contributed by atoms with E-state index in [4.69, 9.17) is 0 Å². The molecule has 1 aliphatic carbocycles. The molecule has 1 aromatic carbocycles. The van der Waals surface area contributed by atoms with Gasteiger partial charge in [-0.05, 0) is 62.1 Å². The molecular formula is C17H26BrN. The lowest BCUT2D eigenvalue weighted by Gasteiger charge is -2.33. The summed E-state index contributed by atoms with van der Waals surface area (Å²) in [6.07, 6.45) is 5.46. The highest BCUT2D eigenvalue weighted by Gasteiger charge is 2.24. The first-order valence-corrected chi connectivity index (χ1v) is 8.37. The maximum Gasteiger partial charge on any atom is 0.0294 e. The fourth-order valence-electron chi connectivity index (χ4n) is 3.15. The largest absolute Gasteiger partial charge is 0.307 e. The predicted molar refractivity (Wildman–Crippen MR) is 86.3 cm³/mol. The van der Waals surface area contributed by atoms with Crippen LogP contribution in [0.3, 0.4) is 0 Å². The van der Waals surface area contributed by atoms with Crippen LogP contribution in [0.2, 0.25) is 0 Å². The van der Waals surface area contributed by atoms with E-state index in [-0.39, 0.29) is 0 Å². The van der Waals surface area contributed by atoms with E-state index in [1.165, 1.54) is 31.2 Å². The molecule has 1 saturated carbocycles. The lowest BCUT2D eigenvalue weighted by atomic mass is 9.79. The minimum Gasteiger partial charge on any atom is -0.307 e. The van der Waals surface area contributed by atoms with Crippen LogP contribution in [-0.2, 0) is 0 Å². The van der Waals surface area contributed by atoms with E-state index in [0.29, 0.717) is 12.1 Å². The molecule has 1 atom stereocenters. The number of hydrogen-bond acceptors (Lipinski definition) is 1. The van der Waals surface area contributed by atoms with Crippen LogP contribution in [-0.4, -0.2) is 6.04 Å². The maximum absolute atomic E-state index is 3.80. The highest BCUT2D eigenvalue weighted by atomic mass is 79.9. The van der Waals surface area contributed by atoms with E-state index in [0.717, 1.165) is 16.3 Å². The molecule has 1 aromatic rings. The molecule has 0 saturated heterocycles. The van der Waals surface area contributed by atoms with Gasteiger partial charge in [-0.25, -0.2) is 0 Å². The van der Waals surface area contributed by atoms with Gasteiger partial charge in [0, 0.05) is 16.6 Å². The van der Waals surface area contributed by atoms with Gasteiger partial charge in [0.25, 0.3) is 0 Å². The molecule has 0 radical (unpaired) electrons. The van der Waals surface area contributed by atoms with Crippen LogP contribution in [0, 0.1) is 11.8 Å². The molecule has 2 rings (SSSR count). The van der Waals surface area contributed by atoms with Crippen LogP contribution in [0.25, 0.3) is 0 Å². The molecule has 19 heavy (non-hydrogen) atoms. The summed E-state index contributed by atoms with van der Waals surface area (Å²) in [7, 11) is 0. The predicted octanol–water partition coefficient (Wildman–Crippen LogP) is 5.31. The second-order valence-electron chi connectivity index (χ2n) is 6.30. The number of benzene rings is 1. The van der Waals surface area contributed by atoms with Crippen LogP contribution in [0.5, 0.6) is 0 Å². The zero-order chi connectivity index (χ0) is 13.8. The van der Waals surface area contributed by atoms with Crippen molar-refractivity contribution < 1.29 is 0 Å². The van der Waals surface area contributed by atoms with Gasteiger partial charge in [0.05, 0.1) is 0 Å². The quantitative estimate of drug-likeness (QED) is 0.791. The maximum atomic E-state index is 3.80. The van der Waals surface area contributed by atoms with Crippen LogP contribution in [0.1, 0.15) is 58.1 Å². The lowest BCUT2D eigenvalue weighted by molar-refractivity contribution is 0.231. The Hall–Kier alpha value is -0.340. The molecule has 0 spiro atoms. The summed E-state index contributed by atoms with van der Waals surface area (Å²) < 4.78 is 1.15. The van der Waals surface area contributed by atoms with E-state index in [1.807, 2.05) is 0 Å². The van der Waals surface area contributed by atoms with Gasteiger partial charge in [-0.15, -0.1) is 0 Å². The van der Waals surface area contributed by atoms with Gasteiger partial charge in [-0.1, -0.05) is 41.9 Å². The van der Waals surface area contributed by atoms with E-state index < -0.39 is 0 Å². The fourth-order valence-corrected chi connectivity index (χ4v) is 3.42. The third-order valence-electron chi connectivity index (χ3n) is 4.57. The number of nitrogens with one attached hydrogen (secondary N) is 1. The fraction of sp³-hybridized carbons (Fsp3) is 0.647. The normalized spacial score (nSPS) is 25.5. The summed E-state index contributed by atoms with van der Waals surface area (Å²) in [6, 6.07) is 9.83. The zero-order valence-electron chi connectivity index (χ0n) is 12.3. The summed E-state index contributed by atoms with van der Waals surface area (Å²) in [5.74, 6) is 1.80. The van der Waals surface area contributed by atoms with Crippen molar-refractivity contribution in [2.24, 2.45) is 11.8 Å². The van der Waals surface area contributed by atoms with Crippen molar-refractivity contribution in [3.8, 4) is 0 Å². The first-order valence-electron chi connectivity index (χ1n) is 7.57. The Kier molecular flexibility index (Phi) is 5.47. The SMILES string of the molecule is CC(C)C1CCC(N[C@H](C)c2ccc(Br)cc2)CC1. The third-order valence-corrected chi connectivity index (χ3v) is 5.10. The molecule has 2 heteroatoms. The molecule has 0 amide bonds. The molecule has 0 unspecified atom stereocenters. The molecule has 1 N–H and O–H groups in total. The number of hydrogen-bond donors (Lipinski definition) is 1. The van der Waals surface area contributed by atoms with Crippen molar-refractivity contribution in [3.63, 3.8) is 0 Å². The second kappa shape index (κ2) is 6.90. The zero-order valence-corrected chi connectivity index (χ0v) is 13.9. The second-order valence-corrected chi connectivity index (χ2v) is 7.21. The van der Waals surface area contributed by atoms with Gasteiger partial charge in [-0.3, -0.25) is 0 Å². The standard InChI is InChI=1S/C17H26BrN/c1-12(2)14-6-10-17(11-7-14)19-13(3)15-4-8-16(18)9-5-15/h4-5,8-9,12-14,17,19H,6-7,10-11H2,1-3H3/t13-,14?,17?/m1/s1. The van der Waals surface area contributed by atoms with Crippen LogP contribution in [0.4, 0.5) is 0 Å². The molecule has 1 aliphatic rings. The highest BCUT2D eigenvalue weighted by Crippen LogP contribution is 2.31. The Morgan fingerprint density at radius 3 is 2.11 bits per heavy atom. The smallest absolute Gasteiger partial charge is 0.0294 e. The summed E-state index contributed by atoms with van der Waals surface area (Å²) >= 11 is 3.49. The van der Waals surface area contributed by atoms with E-state index in [1.54, 1.807) is 0 Å². The Morgan fingerprint density at radius 1 is 1.00 bits per heavy atom. The third kappa shape index (κ3) is 4.32. The molecule has 0 heterocycles. The molecule has 0 aliphatic heterocycles. The van der Waals surface area contributed by atoms with E-state index >= 15 is 0 Å². The topological polar surface area (TPSA) is 12.0 Å². The highest BCUT2D eigenvalue weighted by molar-refractivity contribution is 9.10. The summed E-state index contributed by atoms with van der Waals surface area (Å²) in [6.45, 7) is 7.00. The van der Waals surface area contributed by atoms with Gasteiger partial charge in [0.1, 0.15) is 0 Å². The molecule has 0 bridgehead atoms. The number of rotatable bonds is 4. The molecule has 1 fully saturated rings. The molecule has 1 nitrogen and oxygen atoms in total. The minimum atomic E-state index is 0.452. The number of halogens is 1. The van der Waals surface area contributed by atoms with Crippen molar-refractivity contribution in [2.45, 2.75) is 58.5 Å². The van der Waals surface area contributed by atoms with Crippen molar-refractivity contribution in [3.05, 3.63) is 34.3 Å². The van der Waals surface area contributed by atoms with Crippen LogP contribution < -0.4 is 5.32 Å². The first-order chi connectivity index (χ1) is 9.06. The van der Waals surface area contributed by atoms with Gasteiger partial charge < -0.3 is 5.32 Å². The lowest BCUT2D eigenvalue weighted by Crippen LogP contribution is -2.35. The van der Waals surface area contributed by atoms with Crippen molar-refractivity contribution in [1.82, 2.24) is 5.32 Å². The average molecular weight is 324 g/mol. The Bertz CT molecular complexity index is 377. The van der Waals surface area contributed by atoms with E-state index in [9.17, 15) is 0 Å². The average Bonchev–Trinajstić information content (AvgIpc) is 2.40. The van der Waals surface area contributed by atoms with Gasteiger partial charge in [0.15, 0.2) is 0 Å². The summed E-state index contributed by atoms with van der Waals surface area (Å²) in [5, 5.41) is 3.80. The van der Waals surface area contributed by atoms with Crippen molar-refractivity contribution >= 4 is 15.9 Å².